The summed E-state index contributed by atoms with van der Waals surface area (Å²) < 4.78 is 10.7. The van der Waals surface area contributed by atoms with Gasteiger partial charge in [-0.1, -0.05) is 18.6 Å². The number of fused-ring (bicyclic) bond motifs is 1. The number of hydrogen-bond acceptors (Lipinski definition) is 5. The van der Waals surface area contributed by atoms with Gasteiger partial charge in [-0.05, 0) is 43.4 Å². The molecule has 130 valence electrons. The SMILES string of the molecule is COc1ccccc1OCC(=O)Nc1sc2c(c1C#N)CCCCC2. The first-order valence-electron chi connectivity index (χ1n) is 8.33. The lowest BCUT2D eigenvalue weighted by Crippen LogP contribution is -2.20. The zero-order valence-electron chi connectivity index (χ0n) is 14.1. The predicted octanol–water partition coefficient (Wildman–Crippen LogP) is 3.91. The van der Waals surface area contributed by atoms with E-state index in [1.54, 1.807) is 19.2 Å². The van der Waals surface area contributed by atoms with Crippen LogP contribution in [-0.4, -0.2) is 19.6 Å². The minimum Gasteiger partial charge on any atom is -0.493 e. The Morgan fingerprint density at radius 2 is 2.00 bits per heavy atom. The van der Waals surface area contributed by atoms with Gasteiger partial charge < -0.3 is 14.8 Å². The molecule has 0 saturated carbocycles. The second kappa shape index (κ2) is 8.04. The summed E-state index contributed by atoms with van der Waals surface area (Å²) in [6.07, 6.45) is 5.34. The Balaban J connectivity index is 1.68. The molecule has 25 heavy (non-hydrogen) atoms. The van der Waals surface area contributed by atoms with Crippen LogP contribution in [0, 0.1) is 11.3 Å². The molecule has 0 radical (unpaired) electrons. The van der Waals surface area contributed by atoms with E-state index < -0.39 is 0 Å². The molecule has 3 rings (SSSR count). The predicted molar refractivity (Wildman–Crippen MR) is 97.4 cm³/mol. The summed E-state index contributed by atoms with van der Waals surface area (Å²) in [5.74, 6) is 0.817. The lowest BCUT2D eigenvalue weighted by atomic mass is 10.1. The Morgan fingerprint density at radius 3 is 2.76 bits per heavy atom. The molecule has 0 aliphatic heterocycles. The number of ether oxygens (including phenoxy) is 2. The van der Waals surface area contributed by atoms with E-state index in [9.17, 15) is 10.1 Å². The quantitative estimate of drug-likeness (QED) is 0.825. The van der Waals surface area contributed by atoms with Crippen LogP contribution < -0.4 is 14.8 Å². The number of para-hydroxylation sites is 2. The third-order valence-electron chi connectivity index (χ3n) is 4.21. The Labute approximate surface area is 151 Å². The van der Waals surface area contributed by atoms with Gasteiger partial charge in [-0.2, -0.15) is 5.26 Å². The van der Waals surface area contributed by atoms with Crippen molar-refractivity contribution in [2.75, 3.05) is 19.0 Å². The smallest absolute Gasteiger partial charge is 0.262 e. The lowest BCUT2D eigenvalue weighted by molar-refractivity contribution is -0.118. The minimum absolute atomic E-state index is 0.131. The second-order valence-electron chi connectivity index (χ2n) is 5.87. The number of methoxy groups -OCH3 is 1. The maximum atomic E-state index is 12.3. The summed E-state index contributed by atoms with van der Waals surface area (Å²) in [5, 5.41) is 13.0. The van der Waals surface area contributed by atoms with Gasteiger partial charge in [0.25, 0.3) is 5.91 Å². The molecule has 0 spiro atoms. The van der Waals surface area contributed by atoms with Crippen LogP contribution in [0.15, 0.2) is 24.3 Å². The number of amides is 1. The van der Waals surface area contributed by atoms with Gasteiger partial charge in [0.15, 0.2) is 18.1 Å². The van der Waals surface area contributed by atoms with Gasteiger partial charge in [-0.25, -0.2) is 0 Å². The van der Waals surface area contributed by atoms with Crippen LogP contribution >= 0.6 is 11.3 Å². The average molecular weight is 356 g/mol. The average Bonchev–Trinajstić information content (AvgIpc) is 2.79. The number of hydrogen-bond donors (Lipinski definition) is 1. The third-order valence-corrected chi connectivity index (χ3v) is 5.42. The van der Waals surface area contributed by atoms with Crippen LogP contribution in [0.25, 0.3) is 0 Å². The molecule has 1 aliphatic rings. The topological polar surface area (TPSA) is 71.3 Å². The van der Waals surface area contributed by atoms with Gasteiger partial charge in [0.2, 0.25) is 0 Å². The van der Waals surface area contributed by atoms with Gasteiger partial charge in [0.05, 0.1) is 12.7 Å². The normalized spacial score (nSPS) is 13.3. The number of nitriles is 1. The van der Waals surface area contributed by atoms with E-state index in [-0.39, 0.29) is 12.5 Å². The molecule has 1 aromatic heterocycles. The molecule has 1 aromatic carbocycles. The van der Waals surface area contributed by atoms with E-state index in [0.29, 0.717) is 22.1 Å². The first-order chi connectivity index (χ1) is 12.2. The number of thiophene rings is 1. The maximum absolute atomic E-state index is 12.3. The fourth-order valence-corrected chi connectivity index (χ4v) is 4.25. The summed E-state index contributed by atoms with van der Waals surface area (Å²) in [6, 6.07) is 9.45. The first-order valence-corrected chi connectivity index (χ1v) is 9.15. The molecule has 1 N–H and O–H groups in total. The molecule has 0 bridgehead atoms. The zero-order chi connectivity index (χ0) is 17.6. The Bertz CT molecular complexity index is 807. The highest BCUT2D eigenvalue weighted by atomic mass is 32.1. The summed E-state index contributed by atoms with van der Waals surface area (Å²) in [5.41, 5.74) is 1.73. The first kappa shape index (κ1) is 17.3. The van der Waals surface area contributed by atoms with E-state index in [4.69, 9.17) is 9.47 Å². The number of benzene rings is 1. The number of carbonyl (C=O) groups excluding carboxylic acids is 1. The highest BCUT2D eigenvalue weighted by Gasteiger charge is 2.21. The number of nitrogens with one attached hydrogen (secondary N) is 1. The van der Waals surface area contributed by atoms with E-state index in [1.807, 2.05) is 12.1 Å². The highest BCUT2D eigenvalue weighted by Crippen LogP contribution is 2.37. The van der Waals surface area contributed by atoms with Crippen molar-refractivity contribution in [3.63, 3.8) is 0 Å². The fourth-order valence-electron chi connectivity index (χ4n) is 2.99. The van der Waals surface area contributed by atoms with E-state index in [0.717, 1.165) is 31.2 Å². The van der Waals surface area contributed by atoms with Gasteiger partial charge in [0.1, 0.15) is 11.1 Å². The van der Waals surface area contributed by atoms with Crippen molar-refractivity contribution in [2.45, 2.75) is 32.1 Å². The molecule has 0 saturated heterocycles. The van der Waals surface area contributed by atoms with Crippen molar-refractivity contribution < 1.29 is 14.3 Å². The van der Waals surface area contributed by atoms with Gasteiger partial charge in [-0.3, -0.25) is 4.79 Å². The number of carbonyl (C=O) groups is 1. The van der Waals surface area contributed by atoms with E-state index in [1.165, 1.54) is 22.6 Å². The maximum Gasteiger partial charge on any atom is 0.262 e. The number of rotatable bonds is 5. The third kappa shape index (κ3) is 3.94. The number of nitrogens with zero attached hydrogens (tertiary/aromatic N) is 1. The van der Waals surface area contributed by atoms with E-state index >= 15 is 0 Å². The van der Waals surface area contributed by atoms with Crippen LogP contribution in [0.3, 0.4) is 0 Å². The summed E-state index contributed by atoms with van der Waals surface area (Å²) in [7, 11) is 1.56. The number of anilines is 1. The lowest BCUT2D eigenvalue weighted by Gasteiger charge is -2.10. The van der Waals surface area contributed by atoms with Gasteiger partial charge >= 0.3 is 0 Å². The molecule has 1 aliphatic carbocycles. The summed E-state index contributed by atoms with van der Waals surface area (Å²) >= 11 is 1.52. The van der Waals surface area contributed by atoms with Crippen molar-refractivity contribution in [1.82, 2.24) is 0 Å². The molecule has 6 heteroatoms. The fraction of sp³-hybridized carbons (Fsp3) is 0.368. The molecule has 0 fully saturated rings. The molecule has 0 atom stereocenters. The minimum atomic E-state index is -0.279. The summed E-state index contributed by atoms with van der Waals surface area (Å²) in [6.45, 7) is -0.131. The van der Waals surface area contributed by atoms with Crippen LogP contribution in [0.5, 0.6) is 11.5 Å². The molecular weight excluding hydrogens is 336 g/mol. The largest absolute Gasteiger partial charge is 0.493 e. The zero-order valence-corrected chi connectivity index (χ0v) is 14.9. The van der Waals surface area contributed by atoms with Crippen molar-refractivity contribution in [1.29, 1.82) is 5.26 Å². The van der Waals surface area contributed by atoms with Crippen molar-refractivity contribution in [3.8, 4) is 17.6 Å². The molecule has 5 nitrogen and oxygen atoms in total. The van der Waals surface area contributed by atoms with Gasteiger partial charge in [0, 0.05) is 4.88 Å². The van der Waals surface area contributed by atoms with Crippen molar-refractivity contribution in [3.05, 3.63) is 40.3 Å². The van der Waals surface area contributed by atoms with Crippen molar-refractivity contribution in [2.24, 2.45) is 0 Å². The molecule has 1 amide bonds. The van der Waals surface area contributed by atoms with Crippen LogP contribution in [0.4, 0.5) is 5.00 Å². The van der Waals surface area contributed by atoms with Crippen molar-refractivity contribution >= 4 is 22.2 Å². The Hall–Kier alpha value is -2.52. The van der Waals surface area contributed by atoms with Crippen LogP contribution in [0.2, 0.25) is 0 Å². The summed E-state index contributed by atoms with van der Waals surface area (Å²) in [4.78, 5) is 13.5. The molecular formula is C19H20N2O3S. The monoisotopic (exact) mass is 356 g/mol. The second-order valence-corrected chi connectivity index (χ2v) is 6.97. The molecule has 2 aromatic rings. The standard InChI is InChI=1S/C19H20N2O3S/c1-23-15-8-5-6-9-16(15)24-12-18(22)21-19-14(11-20)13-7-3-2-4-10-17(13)25-19/h5-6,8-9H,2-4,7,10,12H2,1H3,(H,21,22). The highest BCUT2D eigenvalue weighted by molar-refractivity contribution is 7.16. The molecule has 1 heterocycles. The van der Waals surface area contributed by atoms with E-state index in [2.05, 4.69) is 11.4 Å². The Kier molecular flexibility index (Phi) is 5.56. The number of aryl methyl sites for hydroxylation is 1. The Morgan fingerprint density at radius 1 is 1.24 bits per heavy atom. The van der Waals surface area contributed by atoms with Gasteiger partial charge in [-0.15, -0.1) is 11.3 Å². The van der Waals surface area contributed by atoms with Crippen LogP contribution in [0.1, 0.15) is 35.3 Å². The molecule has 0 unspecified atom stereocenters. The van der Waals surface area contributed by atoms with Crippen LogP contribution in [-0.2, 0) is 17.6 Å².